The summed E-state index contributed by atoms with van der Waals surface area (Å²) in [4.78, 5) is 27.1. The summed E-state index contributed by atoms with van der Waals surface area (Å²) in [5.41, 5.74) is 3.36. The second-order valence-electron chi connectivity index (χ2n) is 5.67. The van der Waals surface area contributed by atoms with Crippen LogP contribution in [-0.4, -0.2) is 40.2 Å². The molecule has 1 aromatic rings. The Labute approximate surface area is 135 Å². The lowest BCUT2D eigenvalue weighted by Gasteiger charge is -2.19. The minimum Gasteiger partial charge on any atom is -0.396 e. The molecule has 0 bridgehead atoms. The van der Waals surface area contributed by atoms with Crippen LogP contribution in [-0.2, 0) is 9.59 Å². The number of benzene rings is 1. The van der Waals surface area contributed by atoms with Crippen molar-refractivity contribution in [3.05, 3.63) is 39.8 Å². The lowest BCUT2D eigenvalue weighted by molar-refractivity contribution is -0.138. The van der Waals surface area contributed by atoms with Crippen LogP contribution in [0, 0.1) is 13.8 Å². The molecule has 1 aromatic carbocycles. The van der Waals surface area contributed by atoms with Gasteiger partial charge in [0.15, 0.2) is 0 Å². The smallest absolute Gasteiger partial charge is 0.268 e. The van der Waals surface area contributed by atoms with Gasteiger partial charge in [0.25, 0.3) is 11.8 Å². The van der Waals surface area contributed by atoms with E-state index in [4.69, 9.17) is 5.11 Å². The van der Waals surface area contributed by atoms with E-state index in [1.54, 1.807) is 0 Å². The lowest BCUT2D eigenvalue weighted by atomic mass is 9.98. The number of aryl methyl sites for hydroxylation is 2. The number of imide groups is 1. The molecular formula is C17H21NO3S. The first-order chi connectivity index (χ1) is 10.4. The fourth-order valence-electron chi connectivity index (χ4n) is 2.61. The van der Waals surface area contributed by atoms with E-state index in [-0.39, 0.29) is 24.5 Å². The van der Waals surface area contributed by atoms with Crippen LogP contribution in [0.5, 0.6) is 0 Å². The molecule has 4 nitrogen and oxygen atoms in total. The predicted molar refractivity (Wildman–Crippen MR) is 89.4 cm³/mol. The molecule has 2 rings (SSSR count). The first-order valence-electron chi connectivity index (χ1n) is 7.32. The molecule has 5 heteroatoms. The third-order valence-corrected chi connectivity index (χ3v) is 4.63. The maximum Gasteiger partial charge on any atom is 0.268 e. The van der Waals surface area contributed by atoms with Gasteiger partial charge in [-0.15, -0.1) is 11.8 Å². The largest absolute Gasteiger partial charge is 0.396 e. The second-order valence-corrected chi connectivity index (χ2v) is 6.77. The number of aliphatic hydroxyl groups excluding tert-OH is 1. The number of hydrogen-bond acceptors (Lipinski definition) is 4. The Balaban J connectivity index is 2.57. The van der Waals surface area contributed by atoms with E-state index in [1.807, 2.05) is 45.9 Å². The molecule has 0 aliphatic carbocycles. The van der Waals surface area contributed by atoms with Gasteiger partial charge in [0.05, 0.1) is 17.1 Å². The fraction of sp³-hybridized carbons (Fsp3) is 0.412. The van der Waals surface area contributed by atoms with Gasteiger partial charge < -0.3 is 5.11 Å². The standard InChI is InChI=1S/C17H21NO3S/c1-10(2)18-16(20)14(15(17(18)21)22-8-7-19)13-6-5-11(3)9-12(13)4/h5-6,9-10,19H,7-8H2,1-4H3. The van der Waals surface area contributed by atoms with Crippen LogP contribution < -0.4 is 0 Å². The number of aliphatic hydroxyl groups is 1. The molecule has 1 aliphatic rings. The molecule has 0 fully saturated rings. The molecule has 0 aromatic heterocycles. The molecule has 1 heterocycles. The van der Waals surface area contributed by atoms with Crippen molar-refractivity contribution < 1.29 is 14.7 Å². The maximum atomic E-state index is 12.7. The Bertz CT molecular complexity index is 649. The van der Waals surface area contributed by atoms with E-state index in [2.05, 4.69) is 0 Å². The average Bonchev–Trinajstić information content (AvgIpc) is 2.68. The minimum atomic E-state index is -0.256. The zero-order valence-corrected chi connectivity index (χ0v) is 14.2. The zero-order chi connectivity index (χ0) is 16.4. The summed E-state index contributed by atoms with van der Waals surface area (Å²) >= 11 is 1.25. The fourth-order valence-corrected chi connectivity index (χ4v) is 3.47. The van der Waals surface area contributed by atoms with Gasteiger partial charge >= 0.3 is 0 Å². The number of thioether (sulfide) groups is 1. The summed E-state index contributed by atoms with van der Waals surface area (Å²) < 4.78 is 0. The van der Waals surface area contributed by atoms with Gasteiger partial charge in [-0.25, -0.2) is 0 Å². The molecule has 0 saturated heterocycles. The Hall–Kier alpha value is -1.59. The van der Waals surface area contributed by atoms with Crippen LogP contribution in [0.25, 0.3) is 5.57 Å². The Morgan fingerprint density at radius 2 is 1.86 bits per heavy atom. The van der Waals surface area contributed by atoms with Crippen molar-refractivity contribution in [2.45, 2.75) is 33.7 Å². The lowest BCUT2D eigenvalue weighted by Crippen LogP contribution is -2.37. The normalized spacial score (nSPS) is 15.5. The van der Waals surface area contributed by atoms with Crippen molar-refractivity contribution in [2.24, 2.45) is 0 Å². The molecule has 118 valence electrons. The van der Waals surface area contributed by atoms with Gasteiger partial charge in [0, 0.05) is 11.8 Å². The Morgan fingerprint density at radius 1 is 1.18 bits per heavy atom. The van der Waals surface area contributed by atoms with Crippen molar-refractivity contribution in [1.82, 2.24) is 4.90 Å². The third-order valence-electron chi connectivity index (χ3n) is 3.58. The molecule has 1 aliphatic heterocycles. The van der Waals surface area contributed by atoms with E-state index in [1.165, 1.54) is 16.7 Å². The van der Waals surface area contributed by atoms with Gasteiger partial charge in [-0.3, -0.25) is 14.5 Å². The van der Waals surface area contributed by atoms with Crippen LogP contribution in [0.4, 0.5) is 0 Å². The molecule has 22 heavy (non-hydrogen) atoms. The number of hydrogen-bond donors (Lipinski definition) is 1. The van der Waals surface area contributed by atoms with E-state index >= 15 is 0 Å². The number of amides is 2. The monoisotopic (exact) mass is 319 g/mol. The number of rotatable bonds is 5. The highest BCUT2D eigenvalue weighted by atomic mass is 32.2. The predicted octanol–water partition coefficient (Wildman–Crippen LogP) is 2.52. The van der Waals surface area contributed by atoms with Crippen LogP contribution in [0.1, 0.15) is 30.5 Å². The van der Waals surface area contributed by atoms with Gasteiger partial charge in [0.2, 0.25) is 0 Å². The molecule has 1 N–H and O–H groups in total. The van der Waals surface area contributed by atoms with Gasteiger partial charge in [-0.05, 0) is 38.8 Å². The van der Waals surface area contributed by atoms with E-state index in [9.17, 15) is 9.59 Å². The highest BCUT2D eigenvalue weighted by molar-refractivity contribution is 8.04. The average molecular weight is 319 g/mol. The van der Waals surface area contributed by atoms with Crippen LogP contribution >= 0.6 is 11.8 Å². The van der Waals surface area contributed by atoms with E-state index in [0.717, 1.165) is 16.7 Å². The van der Waals surface area contributed by atoms with Crippen molar-refractivity contribution >= 4 is 29.1 Å². The molecule has 0 atom stereocenters. The van der Waals surface area contributed by atoms with E-state index < -0.39 is 0 Å². The van der Waals surface area contributed by atoms with Gasteiger partial charge in [-0.2, -0.15) is 0 Å². The topological polar surface area (TPSA) is 57.6 Å². The van der Waals surface area contributed by atoms with Gasteiger partial charge in [0.1, 0.15) is 0 Å². The molecule has 0 radical (unpaired) electrons. The SMILES string of the molecule is Cc1ccc(C2=C(SCCO)C(=O)N(C(C)C)C2=O)c(C)c1. The summed E-state index contributed by atoms with van der Waals surface area (Å²) in [5.74, 6) is -0.102. The number of carbonyl (C=O) groups is 2. The maximum absolute atomic E-state index is 12.7. The van der Waals surface area contributed by atoms with Crippen molar-refractivity contribution in [1.29, 1.82) is 0 Å². The summed E-state index contributed by atoms with van der Waals surface area (Å²) in [7, 11) is 0. The quantitative estimate of drug-likeness (QED) is 0.847. The number of carbonyl (C=O) groups excluding carboxylic acids is 2. The highest BCUT2D eigenvalue weighted by Crippen LogP contribution is 2.38. The van der Waals surface area contributed by atoms with Gasteiger partial charge in [-0.1, -0.05) is 23.8 Å². The summed E-state index contributed by atoms with van der Waals surface area (Å²) in [6.07, 6.45) is 0. The Morgan fingerprint density at radius 3 is 2.41 bits per heavy atom. The van der Waals surface area contributed by atoms with E-state index in [0.29, 0.717) is 16.2 Å². The van der Waals surface area contributed by atoms with Crippen molar-refractivity contribution in [3.8, 4) is 0 Å². The first kappa shape index (κ1) is 16.8. The number of nitrogens with zero attached hydrogens (tertiary/aromatic N) is 1. The van der Waals surface area contributed by atoms with Crippen molar-refractivity contribution in [3.63, 3.8) is 0 Å². The second kappa shape index (κ2) is 6.67. The van der Waals surface area contributed by atoms with Crippen LogP contribution in [0.2, 0.25) is 0 Å². The zero-order valence-electron chi connectivity index (χ0n) is 13.3. The molecule has 2 amide bonds. The first-order valence-corrected chi connectivity index (χ1v) is 8.30. The molecular weight excluding hydrogens is 298 g/mol. The van der Waals surface area contributed by atoms with Crippen LogP contribution in [0.3, 0.4) is 0 Å². The Kier molecular flexibility index (Phi) is 5.08. The minimum absolute atomic E-state index is 0.0303. The summed E-state index contributed by atoms with van der Waals surface area (Å²) in [5, 5.41) is 9.05. The molecule has 0 saturated carbocycles. The summed E-state index contributed by atoms with van der Waals surface area (Å²) in [6.45, 7) is 7.57. The molecule has 0 spiro atoms. The third kappa shape index (κ3) is 2.96. The van der Waals surface area contributed by atoms with Crippen LogP contribution in [0.15, 0.2) is 23.1 Å². The summed E-state index contributed by atoms with van der Waals surface area (Å²) in [6, 6.07) is 5.66. The van der Waals surface area contributed by atoms with Crippen molar-refractivity contribution in [2.75, 3.05) is 12.4 Å². The highest BCUT2D eigenvalue weighted by Gasteiger charge is 2.40. The molecule has 0 unspecified atom stereocenters.